The number of ether oxygens (including phenoxy) is 1. The average Bonchev–Trinajstić information content (AvgIpc) is 2.42. The summed E-state index contributed by atoms with van der Waals surface area (Å²) in [4.78, 5) is 36.9. The van der Waals surface area contributed by atoms with Crippen LogP contribution >= 0.6 is 15.6 Å². The van der Waals surface area contributed by atoms with E-state index in [2.05, 4.69) is 8.83 Å². The molecule has 0 aliphatic rings. The van der Waals surface area contributed by atoms with Crippen LogP contribution in [-0.2, 0) is 27.5 Å². The third-order valence-corrected chi connectivity index (χ3v) is 4.98. The maximum Gasteiger partial charge on any atom is 0.481 e. The predicted molar refractivity (Wildman–Crippen MR) is 87.0 cm³/mol. The van der Waals surface area contributed by atoms with Gasteiger partial charge in [0.1, 0.15) is 0 Å². The van der Waals surface area contributed by atoms with Gasteiger partial charge in [-0.05, 0) is 19.8 Å². The first-order chi connectivity index (χ1) is 11.2. The first-order valence-electron chi connectivity index (χ1n) is 7.70. The van der Waals surface area contributed by atoms with E-state index in [1.165, 1.54) is 6.08 Å². The second-order valence-electron chi connectivity index (χ2n) is 5.02. The van der Waals surface area contributed by atoms with Crippen molar-refractivity contribution in [2.24, 2.45) is 0 Å². The molecule has 0 aromatic rings. The van der Waals surface area contributed by atoms with Gasteiger partial charge in [-0.25, -0.2) is 13.9 Å². The van der Waals surface area contributed by atoms with Gasteiger partial charge in [-0.2, -0.15) is 4.31 Å². The molecule has 0 rings (SSSR count). The number of hydrogen-bond donors (Lipinski definition) is 3. The molecule has 0 aromatic carbocycles. The van der Waals surface area contributed by atoms with Gasteiger partial charge in [-0.3, -0.25) is 4.52 Å². The molecule has 0 saturated carbocycles. The van der Waals surface area contributed by atoms with E-state index in [0.29, 0.717) is 13.0 Å². The van der Waals surface area contributed by atoms with Crippen molar-refractivity contribution in [3.8, 4) is 0 Å². The molecule has 24 heavy (non-hydrogen) atoms. The summed E-state index contributed by atoms with van der Waals surface area (Å²) in [7, 11) is -9.76. The largest absolute Gasteiger partial charge is 0.481 e. The highest BCUT2D eigenvalue weighted by molar-refractivity contribution is 7.60. The number of carbonyl (C=O) groups is 1. The first kappa shape index (κ1) is 23.5. The summed E-state index contributed by atoms with van der Waals surface area (Å²) in [5, 5.41) is 0. The smallest absolute Gasteiger partial charge is 0.463 e. The van der Waals surface area contributed by atoms with Crippen molar-refractivity contribution in [2.75, 3.05) is 13.2 Å². The normalized spacial score (nSPS) is 14.7. The molecule has 0 saturated heterocycles. The van der Waals surface area contributed by atoms with Crippen LogP contribution in [0.2, 0.25) is 0 Å². The fourth-order valence-corrected chi connectivity index (χ4v) is 3.41. The molecule has 0 bridgehead atoms. The fourth-order valence-electron chi connectivity index (χ4n) is 1.78. The highest BCUT2D eigenvalue weighted by Gasteiger charge is 2.31. The molecule has 0 aliphatic heterocycles. The lowest BCUT2D eigenvalue weighted by atomic mass is 10.1. The van der Waals surface area contributed by atoms with E-state index in [1.54, 1.807) is 13.0 Å². The number of phosphoric acid groups is 2. The van der Waals surface area contributed by atoms with Crippen LogP contribution in [0.15, 0.2) is 12.2 Å². The Hall–Kier alpha value is -0.530. The van der Waals surface area contributed by atoms with Gasteiger partial charge in [-0.1, -0.05) is 38.2 Å². The highest BCUT2D eigenvalue weighted by atomic mass is 31.3. The van der Waals surface area contributed by atoms with Crippen molar-refractivity contribution in [1.29, 1.82) is 0 Å². The molecular formula is C13H26O9P2. The summed E-state index contributed by atoms with van der Waals surface area (Å²) < 4.78 is 34.6. The van der Waals surface area contributed by atoms with Crippen LogP contribution in [0.4, 0.5) is 0 Å². The Morgan fingerprint density at radius 2 is 1.42 bits per heavy atom. The minimum absolute atomic E-state index is 0.116. The number of esters is 1. The topological polar surface area (TPSA) is 140 Å². The number of unbranched alkanes of at least 4 members (excludes halogenated alkanes) is 6. The summed E-state index contributed by atoms with van der Waals surface area (Å²) in [5.41, 5.74) is 0. The standard InChI is InChI=1S/C13H26O9P2/c1-2-10-13(14)20-11-8-6-4-3-5-7-9-12-21-24(18,19)22-23(15,16)17/h2,10H,3-9,11-12H2,1H3,(H,18,19)(H2,15,16,17). The number of allylic oxidation sites excluding steroid dienone is 1. The third kappa shape index (κ3) is 16.3. The zero-order valence-corrected chi connectivity index (χ0v) is 15.5. The van der Waals surface area contributed by atoms with Gasteiger partial charge in [0.25, 0.3) is 0 Å². The summed E-state index contributed by atoms with van der Waals surface area (Å²) >= 11 is 0. The Morgan fingerprint density at radius 3 is 1.92 bits per heavy atom. The van der Waals surface area contributed by atoms with Gasteiger partial charge in [0, 0.05) is 6.08 Å². The molecular weight excluding hydrogens is 362 g/mol. The van der Waals surface area contributed by atoms with E-state index in [-0.39, 0.29) is 12.6 Å². The van der Waals surface area contributed by atoms with Crippen LogP contribution in [0.5, 0.6) is 0 Å². The molecule has 0 fully saturated rings. The van der Waals surface area contributed by atoms with Gasteiger partial charge in [0.2, 0.25) is 0 Å². The van der Waals surface area contributed by atoms with Crippen LogP contribution in [0, 0.1) is 0 Å². The predicted octanol–water partition coefficient (Wildman–Crippen LogP) is 3.06. The van der Waals surface area contributed by atoms with Crippen molar-refractivity contribution in [3.05, 3.63) is 12.2 Å². The van der Waals surface area contributed by atoms with E-state index in [0.717, 1.165) is 38.5 Å². The number of rotatable bonds is 14. The zero-order valence-electron chi connectivity index (χ0n) is 13.7. The second kappa shape index (κ2) is 12.8. The molecule has 0 aromatic heterocycles. The fraction of sp³-hybridized carbons (Fsp3) is 0.769. The molecule has 1 atom stereocenters. The van der Waals surface area contributed by atoms with Crippen molar-refractivity contribution >= 4 is 21.6 Å². The minimum atomic E-state index is -5.05. The van der Waals surface area contributed by atoms with Crippen molar-refractivity contribution < 1.29 is 42.2 Å². The SMILES string of the molecule is CC=CC(=O)OCCCCCCCCCOP(=O)(O)OP(=O)(O)O. The van der Waals surface area contributed by atoms with Crippen LogP contribution in [0.1, 0.15) is 51.9 Å². The number of carbonyl (C=O) groups excluding carboxylic acids is 1. The Labute approximate surface area is 141 Å². The molecule has 3 N–H and O–H groups in total. The van der Waals surface area contributed by atoms with Gasteiger partial charge < -0.3 is 19.4 Å². The molecule has 0 heterocycles. The Balaban J connectivity index is 3.44. The van der Waals surface area contributed by atoms with Crippen LogP contribution in [-0.4, -0.2) is 33.9 Å². The molecule has 1 unspecified atom stereocenters. The van der Waals surface area contributed by atoms with Crippen molar-refractivity contribution in [3.63, 3.8) is 0 Å². The summed E-state index contributed by atoms with van der Waals surface area (Å²) in [6, 6.07) is 0. The van der Waals surface area contributed by atoms with E-state index in [4.69, 9.17) is 19.4 Å². The van der Waals surface area contributed by atoms with E-state index in [1.807, 2.05) is 0 Å². The Morgan fingerprint density at radius 1 is 0.917 bits per heavy atom. The van der Waals surface area contributed by atoms with Gasteiger partial charge in [-0.15, -0.1) is 0 Å². The Kier molecular flexibility index (Phi) is 12.5. The molecule has 0 spiro atoms. The maximum atomic E-state index is 11.1. The molecule has 0 aliphatic carbocycles. The second-order valence-corrected chi connectivity index (χ2v) is 7.85. The molecule has 0 radical (unpaired) electrons. The summed E-state index contributed by atoms with van der Waals surface area (Å²) in [6.45, 7) is 2.04. The van der Waals surface area contributed by atoms with E-state index < -0.39 is 15.6 Å². The Bertz CT molecular complexity index is 472. The monoisotopic (exact) mass is 388 g/mol. The molecule has 142 valence electrons. The third-order valence-electron chi connectivity index (χ3n) is 2.80. The van der Waals surface area contributed by atoms with Gasteiger partial charge >= 0.3 is 21.6 Å². The average molecular weight is 388 g/mol. The lowest BCUT2D eigenvalue weighted by Crippen LogP contribution is -2.01. The minimum Gasteiger partial charge on any atom is -0.463 e. The van der Waals surface area contributed by atoms with Crippen LogP contribution < -0.4 is 0 Å². The number of hydrogen-bond acceptors (Lipinski definition) is 6. The van der Waals surface area contributed by atoms with Crippen LogP contribution in [0.3, 0.4) is 0 Å². The van der Waals surface area contributed by atoms with Crippen LogP contribution in [0.25, 0.3) is 0 Å². The van der Waals surface area contributed by atoms with E-state index >= 15 is 0 Å². The lowest BCUT2D eigenvalue weighted by molar-refractivity contribution is -0.137. The summed E-state index contributed by atoms with van der Waals surface area (Å²) in [6.07, 6.45) is 8.85. The number of phosphoric ester groups is 1. The maximum absolute atomic E-state index is 11.1. The quantitative estimate of drug-likeness (QED) is 0.177. The molecule has 9 nitrogen and oxygen atoms in total. The van der Waals surface area contributed by atoms with Crippen molar-refractivity contribution in [1.82, 2.24) is 0 Å². The highest BCUT2D eigenvalue weighted by Crippen LogP contribution is 2.57. The first-order valence-corrected chi connectivity index (χ1v) is 10.7. The molecule has 0 amide bonds. The zero-order chi connectivity index (χ0) is 18.5. The summed E-state index contributed by atoms with van der Waals surface area (Å²) in [5.74, 6) is -0.332. The molecule has 11 heteroatoms. The van der Waals surface area contributed by atoms with E-state index in [9.17, 15) is 13.9 Å². The van der Waals surface area contributed by atoms with Gasteiger partial charge in [0.05, 0.1) is 13.2 Å². The lowest BCUT2D eigenvalue weighted by Gasteiger charge is -2.12. The van der Waals surface area contributed by atoms with Crippen molar-refractivity contribution in [2.45, 2.75) is 51.9 Å². The van der Waals surface area contributed by atoms with Gasteiger partial charge in [0.15, 0.2) is 0 Å².